The largest absolute Gasteiger partial charge is 0.407 e. The molecule has 0 aliphatic heterocycles. The van der Waals surface area contributed by atoms with Crippen molar-refractivity contribution in [3.63, 3.8) is 0 Å². The van der Waals surface area contributed by atoms with E-state index in [2.05, 4.69) is 111 Å². The molecule has 0 radical (unpaired) electrons. The third-order valence-electron chi connectivity index (χ3n) is 4.26. The van der Waals surface area contributed by atoms with Crippen molar-refractivity contribution in [3.05, 3.63) is 60.7 Å². The zero-order valence-corrected chi connectivity index (χ0v) is 17.7. The van der Waals surface area contributed by atoms with Crippen molar-refractivity contribution in [3.8, 4) is 0 Å². The molecule has 0 fully saturated rings. The molecular weight excluding hydrogens is 411 g/mol. The lowest BCUT2D eigenvalue weighted by Gasteiger charge is -2.43. The van der Waals surface area contributed by atoms with Gasteiger partial charge in [0.1, 0.15) is 0 Å². The van der Waals surface area contributed by atoms with Gasteiger partial charge in [0.2, 0.25) is 0 Å². The second kappa shape index (κ2) is 7.95. The summed E-state index contributed by atoms with van der Waals surface area (Å²) in [5, 5.41) is 2.79. The van der Waals surface area contributed by atoms with Crippen LogP contribution < -0.4 is 10.4 Å². The molecule has 1 nitrogen and oxygen atoms in total. The van der Waals surface area contributed by atoms with E-state index >= 15 is 0 Å². The highest BCUT2D eigenvalue weighted by atomic mass is 127. The van der Waals surface area contributed by atoms with Crippen LogP contribution in [0.5, 0.6) is 0 Å². The van der Waals surface area contributed by atoms with Crippen molar-refractivity contribution in [2.24, 2.45) is 5.92 Å². The Morgan fingerprint density at radius 1 is 0.913 bits per heavy atom. The molecule has 0 N–H and O–H groups in total. The predicted molar refractivity (Wildman–Crippen MR) is 112 cm³/mol. The van der Waals surface area contributed by atoms with E-state index in [0.29, 0.717) is 5.92 Å². The molecule has 0 unspecified atom stereocenters. The molecular formula is C20H27IOSi. The van der Waals surface area contributed by atoms with E-state index in [1.54, 1.807) is 0 Å². The Kier molecular flexibility index (Phi) is 6.46. The molecule has 23 heavy (non-hydrogen) atoms. The smallest absolute Gasteiger partial charge is 0.261 e. The zero-order valence-electron chi connectivity index (χ0n) is 14.6. The summed E-state index contributed by atoms with van der Waals surface area (Å²) in [6, 6.07) is 21.7. The van der Waals surface area contributed by atoms with Gasteiger partial charge in [0.25, 0.3) is 8.32 Å². The fourth-order valence-electron chi connectivity index (χ4n) is 3.07. The van der Waals surface area contributed by atoms with Crippen LogP contribution in [0.3, 0.4) is 0 Å². The Bertz CT molecular complexity index is 553. The van der Waals surface area contributed by atoms with Gasteiger partial charge in [0, 0.05) is 11.0 Å². The van der Waals surface area contributed by atoms with E-state index in [-0.39, 0.29) is 5.04 Å². The first kappa shape index (κ1) is 18.7. The summed E-state index contributed by atoms with van der Waals surface area (Å²) in [6.07, 6.45) is 0. The third-order valence-corrected chi connectivity index (χ3v) is 10.8. The lowest BCUT2D eigenvalue weighted by molar-refractivity contribution is 0.258. The second-order valence-corrected chi connectivity index (χ2v) is 12.4. The van der Waals surface area contributed by atoms with Crippen molar-refractivity contribution in [1.82, 2.24) is 0 Å². The lowest BCUT2D eigenvalue weighted by atomic mass is 10.2. The van der Waals surface area contributed by atoms with Gasteiger partial charge < -0.3 is 4.43 Å². The second-order valence-electron chi connectivity index (χ2n) is 7.23. The normalized spacial score (nSPS) is 13.8. The van der Waals surface area contributed by atoms with Gasteiger partial charge in [0.05, 0.1) is 0 Å². The van der Waals surface area contributed by atoms with Crippen LogP contribution in [0.2, 0.25) is 5.04 Å². The average Bonchev–Trinajstić information content (AvgIpc) is 2.56. The van der Waals surface area contributed by atoms with E-state index in [1.165, 1.54) is 10.4 Å². The highest BCUT2D eigenvalue weighted by Crippen LogP contribution is 2.37. The Balaban J connectivity index is 2.60. The number of hydrogen-bond acceptors (Lipinski definition) is 1. The van der Waals surface area contributed by atoms with Crippen molar-refractivity contribution < 1.29 is 4.43 Å². The summed E-state index contributed by atoms with van der Waals surface area (Å²) < 4.78 is 7.97. The maximum absolute atomic E-state index is 6.85. The molecule has 2 aromatic carbocycles. The van der Waals surface area contributed by atoms with Crippen molar-refractivity contribution >= 4 is 41.3 Å². The predicted octanol–water partition coefficient (Wildman–Crippen LogP) is 4.63. The minimum atomic E-state index is -2.33. The maximum atomic E-state index is 6.85. The summed E-state index contributed by atoms with van der Waals surface area (Å²) >= 11 is 2.45. The lowest BCUT2D eigenvalue weighted by Crippen LogP contribution is -2.66. The minimum absolute atomic E-state index is 0.0701. The Morgan fingerprint density at radius 3 is 1.70 bits per heavy atom. The van der Waals surface area contributed by atoms with Gasteiger partial charge in [-0.25, -0.2) is 0 Å². The maximum Gasteiger partial charge on any atom is 0.261 e. The average molecular weight is 438 g/mol. The number of alkyl halides is 1. The van der Waals surface area contributed by atoms with Crippen molar-refractivity contribution in [1.29, 1.82) is 0 Å². The van der Waals surface area contributed by atoms with Gasteiger partial charge in [-0.1, -0.05) is 111 Å². The van der Waals surface area contributed by atoms with Crippen LogP contribution in [0.1, 0.15) is 27.7 Å². The zero-order chi connectivity index (χ0) is 16.9. The summed E-state index contributed by atoms with van der Waals surface area (Å²) in [7, 11) is -2.33. The molecule has 0 bridgehead atoms. The Morgan fingerprint density at radius 2 is 1.35 bits per heavy atom. The highest BCUT2D eigenvalue weighted by molar-refractivity contribution is 14.1. The van der Waals surface area contributed by atoms with E-state index in [1.807, 2.05) is 0 Å². The first-order valence-electron chi connectivity index (χ1n) is 8.23. The van der Waals surface area contributed by atoms with Gasteiger partial charge >= 0.3 is 0 Å². The molecule has 2 rings (SSSR count). The number of halogens is 1. The Hall–Kier alpha value is -0.653. The fourth-order valence-corrected chi connectivity index (χ4v) is 8.02. The number of rotatable bonds is 6. The van der Waals surface area contributed by atoms with E-state index in [9.17, 15) is 0 Å². The summed E-state index contributed by atoms with van der Waals surface area (Å²) in [6.45, 7) is 10.1. The number of hydrogen-bond donors (Lipinski definition) is 0. The van der Waals surface area contributed by atoms with Gasteiger partial charge in [-0.2, -0.15) is 0 Å². The molecule has 0 aromatic heterocycles. The van der Waals surface area contributed by atoms with Crippen LogP contribution in [-0.2, 0) is 4.43 Å². The van der Waals surface area contributed by atoms with Crippen LogP contribution in [0, 0.1) is 5.92 Å². The molecule has 0 saturated carbocycles. The molecule has 124 valence electrons. The van der Waals surface area contributed by atoms with Crippen LogP contribution in [0.4, 0.5) is 0 Å². The van der Waals surface area contributed by atoms with E-state index < -0.39 is 8.32 Å². The summed E-state index contributed by atoms with van der Waals surface area (Å²) in [5.74, 6) is 0.567. The molecule has 0 aliphatic carbocycles. The van der Waals surface area contributed by atoms with Gasteiger partial charge in [-0.3, -0.25) is 0 Å². The SMILES string of the molecule is C[C@@H](CI)CO[Si](c1ccccc1)(c1ccccc1)C(C)(C)C. The monoisotopic (exact) mass is 438 g/mol. The highest BCUT2D eigenvalue weighted by Gasteiger charge is 2.50. The van der Waals surface area contributed by atoms with Gasteiger partial charge in [-0.05, 0) is 21.3 Å². The summed E-state index contributed by atoms with van der Waals surface area (Å²) in [5.41, 5.74) is 0. The standard InChI is InChI=1S/C20H27IOSi/c1-17(15-21)16-22-23(20(2,3)4,18-11-7-5-8-12-18)19-13-9-6-10-14-19/h5-14,17H,15-16H2,1-4H3/t17-/m0/s1. The molecule has 2 aromatic rings. The molecule has 0 spiro atoms. The Labute approximate surface area is 155 Å². The molecule has 3 heteroatoms. The minimum Gasteiger partial charge on any atom is -0.407 e. The van der Waals surface area contributed by atoms with E-state index in [0.717, 1.165) is 11.0 Å². The topological polar surface area (TPSA) is 9.23 Å². The van der Waals surface area contributed by atoms with Crippen molar-refractivity contribution in [2.75, 3.05) is 11.0 Å². The molecule has 0 saturated heterocycles. The fraction of sp³-hybridized carbons (Fsp3) is 0.400. The van der Waals surface area contributed by atoms with Crippen molar-refractivity contribution in [2.45, 2.75) is 32.7 Å². The molecule has 1 atom stereocenters. The van der Waals surface area contributed by atoms with Crippen LogP contribution in [0.25, 0.3) is 0 Å². The first-order chi connectivity index (χ1) is 10.9. The van der Waals surface area contributed by atoms with Crippen LogP contribution in [-0.4, -0.2) is 19.4 Å². The summed E-state index contributed by atoms with van der Waals surface area (Å²) in [4.78, 5) is 0. The van der Waals surface area contributed by atoms with Gasteiger partial charge in [0.15, 0.2) is 0 Å². The third kappa shape index (κ3) is 4.06. The first-order valence-corrected chi connectivity index (χ1v) is 11.7. The molecule has 0 heterocycles. The molecule has 0 amide bonds. The van der Waals surface area contributed by atoms with Crippen LogP contribution >= 0.6 is 22.6 Å². The number of benzene rings is 2. The molecule has 0 aliphatic rings. The van der Waals surface area contributed by atoms with E-state index in [4.69, 9.17) is 4.43 Å². The quantitative estimate of drug-likeness (QED) is 0.363. The van der Waals surface area contributed by atoms with Gasteiger partial charge in [-0.15, -0.1) is 0 Å². The van der Waals surface area contributed by atoms with Crippen LogP contribution in [0.15, 0.2) is 60.7 Å².